The number of aromatic nitrogens is 3. The number of halogens is 1. The van der Waals surface area contributed by atoms with Gasteiger partial charge in [0.1, 0.15) is 23.1 Å². The largest absolute Gasteiger partial charge is 0.392 e. The molecular formula is C35H47FN6O3S. The number of ketones is 1. The van der Waals surface area contributed by atoms with E-state index in [2.05, 4.69) is 53.4 Å². The predicted octanol–water partition coefficient (Wildman–Crippen LogP) is 5.65. The Bertz CT molecular complexity index is 1610. The number of benzene rings is 1. The number of aliphatic hydroxyl groups excluding tert-OH is 2. The van der Waals surface area contributed by atoms with E-state index in [-0.39, 0.29) is 24.3 Å². The number of hydrogen-bond donors (Lipinski definition) is 2. The number of aliphatic hydroxyl groups is 2. The van der Waals surface area contributed by atoms with Gasteiger partial charge in [-0.05, 0) is 94.1 Å². The molecule has 2 N–H and O–H groups in total. The van der Waals surface area contributed by atoms with Crippen molar-refractivity contribution >= 4 is 33.7 Å². The summed E-state index contributed by atoms with van der Waals surface area (Å²) in [7, 11) is 4.11. The molecule has 0 aliphatic carbocycles. The van der Waals surface area contributed by atoms with Gasteiger partial charge in [-0.1, -0.05) is 31.3 Å². The SMILES string of the molecule is CCc1nc2ccc(C(CC)CCN(C)CCCC(=O)CN3CCC(O)C3)cn2c1N(C)c1nc(-c2ccc(F)cc2)c(CO)s1. The number of carbonyl (C=O) groups is 1. The number of anilines is 2. The number of nitrogens with zero attached hydrogens (tertiary/aromatic N) is 6. The third-order valence-electron chi connectivity index (χ3n) is 9.04. The summed E-state index contributed by atoms with van der Waals surface area (Å²) in [6.07, 6.45) is 6.86. The number of aryl methyl sites for hydroxylation is 1. The van der Waals surface area contributed by atoms with Gasteiger partial charge in [0, 0.05) is 38.3 Å². The summed E-state index contributed by atoms with van der Waals surface area (Å²) in [5.41, 5.74) is 4.52. The minimum Gasteiger partial charge on any atom is -0.392 e. The van der Waals surface area contributed by atoms with Gasteiger partial charge in [-0.3, -0.25) is 14.1 Å². The first-order chi connectivity index (χ1) is 22.2. The summed E-state index contributed by atoms with van der Waals surface area (Å²) in [6.45, 7) is 7.86. The lowest BCUT2D eigenvalue weighted by atomic mass is 9.94. The Morgan fingerprint density at radius 2 is 1.91 bits per heavy atom. The topological polar surface area (TPSA) is 97.4 Å². The van der Waals surface area contributed by atoms with Crippen LogP contribution in [0.3, 0.4) is 0 Å². The van der Waals surface area contributed by atoms with Crippen molar-refractivity contribution in [2.24, 2.45) is 0 Å². The maximum atomic E-state index is 13.6. The van der Waals surface area contributed by atoms with E-state index in [1.165, 1.54) is 29.0 Å². The van der Waals surface area contributed by atoms with E-state index in [0.717, 1.165) is 84.5 Å². The zero-order valence-corrected chi connectivity index (χ0v) is 28.3. The van der Waals surface area contributed by atoms with Gasteiger partial charge >= 0.3 is 0 Å². The van der Waals surface area contributed by atoms with Crippen LogP contribution in [-0.4, -0.2) is 93.1 Å². The first-order valence-electron chi connectivity index (χ1n) is 16.4. The number of imidazole rings is 1. The number of β-amino-alcohol motifs (C(OH)–C–C–N with tert-alkyl or cyclic N) is 1. The number of hydrogen-bond acceptors (Lipinski definition) is 9. The van der Waals surface area contributed by atoms with E-state index in [4.69, 9.17) is 9.97 Å². The van der Waals surface area contributed by atoms with Crippen molar-refractivity contribution in [3.8, 4) is 11.3 Å². The Morgan fingerprint density at radius 1 is 1.13 bits per heavy atom. The highest BCUT2D eigenvalue weighted by atomic mass is 32.1. The van der Waals surface area contributed by atoms with Gasteiger partial charge in [-0.25, -0.2) is 14.4 Å². The minimum atomic E-state index is -0.310. The molecule has 0 radical (unpaired) electrons. The molecule has 0 bridgehead atoms. The fourth-order valence-electron chi connectivity index (χ4n) is 6.37. The Labute approximate surface area is 275 Å². The molecular weight excluding hydrogens is 603 g/mol. The van der Waals surface area contributed by atoms with Gasteiger partial charge < -0.3 is 20.0 Å². The van der Waals surface area contributed by atoms with E-state index >= 15 is 0 Å². The molecule has 248 valence electrons. The monoisotopic (exact) mass is 650 g/mol. The van der Waals surface area contributed by atoms with Crippen molar-refractivity contribution in [1.29, 1.82) is 0 Å². The number of likely N-dealkylation sites (tertiary alicyclic amines) is 1. The fraction of sp³-hybridized carbons (Fsp3) is 0.514. The van der Waals surface area contributed by atoms with Crippen molar-refractivity contribution < 1.29 is 19.4 Å². The second-order valence-corrected chi connectivity index (χ2v) is 13.5. The summed E-state index contributed by atoms with van der Waals surface area (Å²) in [5.74, 6) is 1.26. The summed E-state index contributed by atoms with van der Waals surface area (Å²) in [4.78, 5) is 29.4. The van der Waals surface area contributed by atoms with Crippen LogP contribution >= 0.6 is 11.3 Å². The number of carbonyl (C=O) groups excluding carboxylic acids is 1. The van der Waals surface area contributed by atoms with Gasteiger partial charge in [0.25, 0.3) is 0 Å². The zero-order chi connectivity index (χ0) is 32.8. The molecule has 4 heterocycles. The summed E-state index contributed by atoms with van der Waals surface area (Å²) in [5, 5.41) is 20.5. The molecule has 0 spiro atoms. The first-order valence-corrected chi connectivity index (χ1v) is 17.2. The molecule has 2 atom stereocenters. The lowest BCUT2D eigenvalue weighted by molar-refractivity contribution is -0.120. The Kier molecular flexibility index (Phi) is 11.6. The second kappa shape index (κ2) is 15.6. The third kappa shape index (κ3) is 8.01. The number of pyridine rings is 1. The average Bonchev–Trinajstić information content (AvgIpc) is 3.77. The van der Waals surface area contributed by atoms with Crippen molar-refractivity contribution in [2.75, 3.05) is 51.7 Å². The highest BCUT2D eigenvalue weighted by molar-refractivity contribution is 7.16. The number of rotatable bonds is 16. The van der Waals surface area contributed by atoms with Gasteiger partial charge in [0.2, 0.25) is 0 Å². The summed E-state index contributed by atoms with van der Waals surface area (Å²) < 4.78 is 15.7. The van der Waals surface area contributed by atoms with Gasteiger partial charge in [-0.15, -0.1) is 0 Å². The molecule has 1 aliphatic rings. The maximum Gasteiger partial charge on any atom is 0.191 e. The molecule has 1 saturated heterocycles. The van der Waals surface area contributed by atoms with Crippen LogP contribution in [-0.2, 0) is 17.8 Å². The van der Waals surface area contributed by atoms with Crippen molar-refractivity contribution in [3.05, 3.63) is 64.5 Å². The Balaban J connectivity index is 1.26. The molecule has 0 amide bonds. The zero-order valence-electron chi connectivity index (χ0n) is 27.5. The van der Waals surface area contributed by atoms with E-state index < -0.39 is 0 Å². The Morgan fingerprint density at radius 3 is 2.59 bits per heavy atom. The van der Waals surface area contributed by atoms with Crippen LogP contribution in [0.15, 0.2) is 42.6 Å². The van der Waals surface area contributed by atoms with Gasteiger partial charge in [0.05, 0.1) is 35.5 Å². The smallest absolute Gasteiger partial charge is 0.191 e. The van der Waals surface area contributed by atoms with Gasteiger partial charge in [-0.2, -0.15) is 0 Å². The molecule has 9 nitrogen and oxygen atoms in total. The van der Waals surface area contributed by atoms with Crippen LogP contribution in [0.5, 0.6) is 0 Å². The highest BCUT2D eigenvalue weighted by Gasteiger charge is 2.24. The molecule has 4 aromatic rings. The number of Topliss-reactive ketones (excluding diaryl/α,β-unsaturated/α-hetero) is 1. The molecule has 3 aromatic heterocycles. The van der Waals surface area contributed by atoms with Crippen molar-refractivity contribution in [1.82, 2.24) is 24.2 Å². The molecule has 0 saturated carbocycles. The van der Waals surface area contributed by atoms with Crippen LogP contribution in [0, 0.1) is 5.82 Å². The molecule has 1 aromatic carbocycles. The normalized spacial score (nSPS) is 16.1. The van der Waals surface area contributed by atoms with Crippen molar-refractivity contribution in [3.63, 3.8) is 0 Å². The quantitative estimate of drug-likeness (QED) is 0.161. The van der Waals surface area contributed by atoms with Crippen LogP contribution in [0.4, 0.5) is 15.3 Å². The fourth-order valence-corrected chi connectivity index (χ4v) is 7.28. The van der Waals surface area contributed by atoms with Gasteiger partial charge in [0.15, 0.2) is 5.13 Å². The number of fused-ring (bicyclic) bond motifs is 1. The molecule has 2 unspecified atom stereocenters. The van der Waals surface area contributed by atoms with E-state index in [9.17, 15) is 19.4 Å². The molecule has 1 aliphatic heterocycles. The lowest BCUT2D eigenvalue weighted by Gasteiger charge is -2.22. The molecule has 11 heteroatoms. The highest BCUT2D eigenvalue weighted by Crippen LogP contribution is 2.38. The molecule has 1 fully saturated rings. The van der Waals surface area contributed by atoms with Crippen LogP contribution in [0.1, 0.15) is 68.0 Å². The van der Waals surface area contributed by atoms with Crippen LogP contribution in [0.2, 0.25) is 0 Å². The summed E-state index contributed by atoms with van der Waals surface area (Å²) in [6, 6.07) is 10.5. The third-order valence-corrected chi connectivity index (χ3v) is 10.2. The lowest BCUT2D eigenvalue weighted by Crippen LogP contribution is -2.29. The average molecular weight is 651 g/mol. The predicted molar refractivity (Wildman–Crippen MR) is 183 cm³/mol. The maximum absolute atomic E-state index is 13.6. The molecule has 46 heavy (non-hydrogen) atoms. The first kappa shape index (κ1) is 34.1. The standard InChI is InChI=1S/C35H47FN6O3S/c1-5-24(15-18-39(3)17-7-8-28(44)21-41-19-16-29(45)22-41)26-11-14-32-37-30(6-2)34(42(32)20-26)40(4)35-38-33(31(23-43)46-35)25-9-12-27(36)13-10-25/h9-14,20,24,29,43,45H,5-8,15-19,21-23H2,1-4H3. The second-order valence-electron chi connectivity index (χ2n) is 12.4. The van der Waals surface area contributed by atoms with E-state index in [0.29, 0.717) is 31.1 Å². The van der Waals surface area contributed by atoms with Crippen LogP contribution < -0.4 is 4.90 Å². The van der Waals surface area contributed by atoms with Crippen LogP contribution in [0.25, 0.3) is 16.9 Å². The number of thiazole rings is 1. The van der Waals surface area contributed by atoms with E-state index in [1.54, 1.807) is 12.1 Å². The van der Waals surface area contributed by atoms with Crippen molar-refractivity contribution in [2.45, 2.75) is 71.0 Å². The van der Waals surface area contributed by atoms with E-state index in [1.807, 2.05) is 11.9 Å². The molecule has 5 rings (SSSR count). The minimum absolute atomic E-state index is 0.150. The summed E-state index contributed by atoms with van der Waals surface area (Å²) >= 11 is 1.43. The Hall–Kier alpha value is -3.22.